The van der Waals surface area contributed by atoms with Crippen LogP contribution in [0.5, 0.6) is 0 Å². The van der Waals surface area contributed by atoms with Crippen molar-refractivity contribution in [1.82, 2.24) is 4.90 Å². The van der Waals surface area contributed by atoms with E-state index in [1.807, 2.05) is 13.8 Å². The Hall–Kier alpha value is -1.06. The van der Waals surface area contributed by atoms with E-state index in [9.17, 15) is 9.59 Å². The van der Waals surface area contributed by atoms with Gasteiger partial charge in [-0.1, -0.05) is 13.8 Å². The summed E-state index contributed by atoms with van der Waals surface area (Å²) in [4.78, 5) is 24.1. The van der Waals surface area contributed by atoms with E-state index < -0.39 is 0 Å². The Morgan fingerprint density at radius 2 is 1.93 bits per heavy atom. The summed E-state index contributed by atoms with van der Waals surface area (Å²) in [5.74, 6) is 0.179. The molecule has 0 saturated heterocycles. The largest absolute Gasteiger partial charge is 0.466 e. The molecule has 0 heterocycles. The fourth-order valence-corrected chi connectivity index (χ4v) is 1.12. The maximum absolute atomic E-state index is 11.5. The quantitative estimate of drug-likeness (QED) is 0.630. The van der Waals surface area contributed by atoms with Crippen LogP contribution < -0.4 is 0 Å². The Morgan fingerprint density at radius 1 is 1.33 bits per heavy atom. The Bertz CT molecular complexity index is 214. The smallest absolute Gasteiger partial charge is 0.307 e. The first kappa shape index (κ1) is 13.9. The van der Waals surface area contributed by atoms with Crippen LogP contribution in [-0.4, -0.2) is 37.0 Å². The van der Waals surface area contributed by atoms with Gasteiger partial charge in [0.15, 0.2) is 0 Å². The molecule has 4 heteroatoms. The summed E-state index contributed by atoms with van der Waals surface area (Å²) in [7, 11) is 1.71. The topological polar surface area (TPSA) is 46.6 Å². The number of amides is 1. The summed E-state index contributed by atoms with van der Waals surface area (Å²) in [5.41, 5.74) is 0. The van der Waals surface area contributed by atoms with Gasteiger partial charge >= 0.3 is 5.97 Å². The lowest BCUT2D eigenvalue weighted by molar-refractivity contribution is -0.143. The first-order valence-corrected chi connectivity index (χ1v) is 5.37. The van der Waals surface area contributed by atoms with E-state index in [-0.39, 0.29) is 18.3 Å². The van der Waals surface area contributed by atoms with Gasteiger partial charge in [-0.2, -0.15) is 0 Å². The summed E-state index contributed by atoms with van der Waals surface area (Å²) >= 11 is 0. The van der Waals surface area contributed by atoms with Crippen molar-refractivity contribution < 1.29 is 14.3 Å². The van der Waals surface area contributed by atoms with E-state index >= 15 is 0 Å². The summed E-state index contributed by atoms with van der Waals surface area (Å²) in [6, 6.07) is 0. The van der Waals surface area contributed by atoms with E-state index in [2.05, 4.69) is 0 Å². The maximum atomic E-state index is 11.5. The lowest BCUT2D eigenvalue weighted by atomic mass is 10.1. The molecule has 0 fully saturated rings. The van der Waals surface area contributed by atoms with Crippen LogP contribution in [0, 0.1) is 5.92 Å². The minimum atomic E-state index is -0.248. The molecule has 0 aliphatic rings. The second-order valence-corrected chi connectivity index (χ2v) is 3.97. The molecule has 4 nitrogen and oxygen atoms in total. The normalized spacial score (nSPS) is 10.2. The molecule has 15 heavy (non-hydrogen) atoms. The summed E-state index contributed by atoms with van der Waals surface area (Å²) in [6.07, 6.45) is 0.799. The molecule has 0 aromatic rings. The number of hydrogen-bond acceptors (Lipinski definition) is 3. The Labute approximate surface area is 91.6 Å². The summed E-state index contributed by atoms with van der Waals surface area (Å²) < 4.78 is 4.78. The minimum Gasteiger partial charge on any atom is -0.466 e. The number of carbonyl (C=O) groups is 2. The molecule has 0 unspecified atom stereocenters. The Balaban J connectivity index is 3.77. The van der Waals surface area contributed by atoms with E-state index in [1.165, 1.54) is 0 Å². The van der Waals surface area contributed by atoms with Crippen molar-refractivity contribution in [3.8, 4) is 0 Å². The molecule has 0 spiro atoms. The molecule has 0 rings (SSSR count). The van der Waals surface area contributed by atoms with Crippen molar-refractivity contribution in [3.05, 3.63) is 0 Å². The molecular formula is C11H21NO3. The minimum absolute atomic E-state index is 0.0781. The monoisotopic (exact) mass is 215 g/mol. The van der Waals surface area contributed by atoms with Gasteiger partial charge in [0.1, 0.15) is 0 Å². The third-order valence-corrected chi connectivity index (χ3v) is 1.97. The number of hydrogen-bond donors (Lipinski definition) is 0. The van der Waals surface area contributed by atoms with E-state index in [0.29, 0.717) is 25.5 Å². The molecule has 0 aliphatic heterocycles. The molecule has 0 aromatic heterocycles. The van der Waals surface area contributed by atoms with Gasteiger partial charge in [0.05, 0.1) is 13.0 Å². The Morgan fingerprint density at radius 3 is 2.40 bits per heavy atom. The zero-order valence-electron chi connectivity index (χ0n) is 10.1. The zero-order chi connectivity index (χ0) is 11.8. The van der Waals surface area contributed by atoms with Gasteiger partial charge in [0, 0.05) is 20.0 Å². The van der Waals surface area contributed by atoms with Gasteiger partial charge in [-0.25, -0.2) is 0 Å². The van der Waals surface area contributed by atoms with Crippen LogP contribution in [0.1, 0.15) is 33.6 Å². The predicted octanol–water partition coefficient (Wildman–Crippen LogP) is 1.44. The highest BCUT2D eigenvalue weighted by molar-refractivity contribution is 5.77. The molecule has 88 valence electrons. The van der Waals surface area contributed by atoms with Crippen LogP contribution in [0.2, 0.25) is 0 Å². The lowest BCUT2D eigenvalue weighted by Gasteiger charge is -2.17. The molecule has 0 N–H and O–H groups in total. The average Bonchev–Trinajstić information content (AvgIpc) is 2.13. The van der Waals surface area contributed by atoms with Gasteiger partial charge in [0.25, 0.3) is 0 Å². The van der Waals surface area contributed by atoms with Crippen molar-refractivity contribution in [1.29, 1.82) is 0 Å². The Kier molecular flexibility index (Phi) is 6.75. The molecule has 0 saturated carbocycles. The third-order valence-electron chi connectivity index (χ3n) is 1.97. The van der Waals surface area contributed by atoms with E-state index in [4.69, 9.17) is 4.74 Å². The van der Waals surface area contributed by atoms with Gasteiger partial charge < -0.3 is 9.64 Å². The van der Waals surface area contributed by atoms with Crippen LogP contribution >= 0.6 is 0 Å². The van der Waals surface area contributed by atoms with Crippen molar-refractivity contribution in [2.75, 3.05) is 20.2 Å². The van der Waals surface area contributed by atoms with E-state index in [1.54, 1.807) is 18.9 Å². The van der Waals surface area contributed by atoms with Crippen LogP contribution in [0.15, 0.2) is 0 Å². The van der Waals surface area contributed by atoms with Crippen molar-refractivity contribution in [3.63, 3.8) is 0 Å². The highest BCUT2D eigenvalue weighted by Crippen LogP contribution is 2.03. The highest BCUT2D eigenvalue weighted by atomic mass is 16.5. The first-order chi connectivity index (χ1) is 6.97. The molecule has 0 atom stereocenters. The summed E-state index contributed by atoms with van der Waals surface area (Å²) in [6.45, 7) is 6.59. The maximum Gasteiger partial charge on any atom is 0.307 e. The molecule has 0 bridgehead atoms. The number of rotatable bonds is 6. The molecule has 1 amide bonds. The SMILES string of the molecule is CCOC(=O)CCN(C)C(=O)CC(C)C. The lowest BCUT2D eigenvalue weighted by Crippen LogP contribution is -2.30. The van der Waals surface area contributed by atoms with Crippen molar-refractivity contribution in [2.45, 2.75) is 33.6 Å². The third kappa shape index (κ3) is 6.94. The highest BCUT2D eigenvalue weighted by Gasteiger charge is 2.12. The number of carbonyl (C=O) groups excluding carboxylic acids is 2. The zero-order valence-corrected chi connectivity index (χ0v) is 10.1. The van der Waals surface area contributed by atoms with Gasteiger partial charge in [-0.05, 0) is 12.8 Å². The van der Waals surface area contributed by atoms with Crippen molar-refractivity contribution in [2.24, 2.45) is 5.92 Å². The van der Waals surface area contributed by atoms with Gasteiger partial charge in [-0.3, -0.25) is 9.59 Å². The van der Waals surface area contributed by atoms with Crippen LogP contribution in [0.4, 0.5) is 0 Å². The number of esters is 1. The second kappa shape index (κ2) is 7.26. The van der Waals surface area contributed by atoms with E-state index in [0.717, 1.165) is 0 Å². The average molecular weight is 215 g/mol. The van der Waals surface area contributed by atoms with Gasteiger partial charge in [-0.15, -0.1) is 0 Å². The standard InChI is InChI=1S/C11H21NO3/c1-5-15-11(14)6-7-12(4)10(13)8-9(2)3/h9H,5-8H2,1-4H3. The molecular weight excluding hydrogens is 194 g/mol. The fourth-order valence-electron chi connectivity index (χ4n) is 1.12. The number of nitrogens with zero attached hydrogens (tertiary/aromatic N) is 1. The summed E-state index contributed by atoms with van der Waals surface area (Å²) in [5, 5.41) is 0. The van der Waals surface area contributed by atoms with Crippen LogP contribution in [0.3, 0.4) is 0 Å². The predicted molar refractivity (Wildman–Crippen MR) is 58.3 cm³/mol. The second-order valence-electron chi connectivity index (χ2n) is 3.97. The fraction of sp³-hybridized carbons (Fsp3) is 0.818. The molecule has 0 aliphatic carbocycles. The van der Waals surface area contributed by atoms with Crippen molar-refractivity contribution >= 4 is 11.9 Å². The van der Waals surface area contributed by atoms with Crippen LogP contribution in [-0.2, 0) is 14.3 Å². The molecule has 0 aromatic carbocycles. The first-order valence-electron chi connectivity index (χ1n) is 5.37. The van der Waals surface area contributed by atoms with Crippen LogP contribution in [0.25, 0.3) is 0 Å². The molecule has 0 radical (unpaired) electrons. The number of ether oxygens (including phenoxy) is 1. The van der Waals surface area contributed by atoms with Gasteiger partial charge in [0.2, 0.25) is 5.91 Å².